The molecule has 0 aromatic rings. The molecule has 0 fully saturated rings. The second-order valence-electron chi connectivity index (χ2n) is 8.71. The van der Waals surface area contributed by atoms with Crippen LogP contribution in [-0.2, 0) is 9.59 Å². The first-order valence-electron chi connectivity index (χ1n) is 12.5. The molecule has 0 aliphatic carbocycles. The topological polar surface area (TPSA) is 74.6 Å². The van der Waals surface area contributed by atoms with E-state index in [1.165, 1.54) is 103 Å². The van der Waals surface area contributed by atoms with E-state index in [1.807, 2.05) is 0 Å². The molecule has 1 unspecified atom stereocenters. The van der Waals surface area contributed by atoms with Crippen molar-refractivity contribution in [2.45, 2.75) is 148 Å². The Kier molecular flexibility index (Phi) is 21.1. The van der Waals surface area contributed by atoms with Crippen molar-refractivity contribution in [1.82, 2.24) is 0 Å². The monoisotopic (exact) mass is 412 g/mol. The molecule has 2 N–H and O–H groups in total. The maximum absolute atomic E-state index is 11.5. The smallest absolute Gasteiger partial charge is 0.332 e. The van der Waals surface area contributed by atoms with Crippen LogP contribution in [0.3, 0.4) is 0 Å². The van der Waals surface area contributed by atoms with E-state index >= 15 is 0 Å². The molecule has 172 valence electrons. The number of ketones is 1. The number of carboxylic acid groups (broad SMARTS) is 1. The molecule has 0 aliphatic rings. The van der Waals surface area contributed by atoms with Crippen molar-refractivity contribution < 1.29 is 19.8 Å². The first-order valence-corrected chi connectivity index (χ1v) is 12.5. The van der Waals surface area contributed by atoms with E-state index in [4.69, 9.17) is 10.2 Å². The minimum absolute atomic E-state index is 0.146. The lowest BCUT2D eigenvalue weighted by Crippen LogP contribution is -2.22. The number of rotatable bonds is 23. The zero-order valence-corrected chi connectivity index (χ0v) is 19.1. The lowest BCUT2D eigenvalue weighted by molar-refractivity contribution is -0.148. The summed E-state index contributed by atoms with van der Waals surface area (Å²) < 4.78 is 0. The first kappa shape index (κ1) is 28.1. The van der Waals surface area contributed by atoms with E-state index in [0.29, 0.717) is 6.42 Å². The summed E-state index contributed by atoms with van der Waals surface area (Å²) in [4.78, 5) is 22.0. The van der Waals surface area contributed by atoms with Gasteiger partial charge in [0.15, 0.2) is 6.10 Å². The average molecular weight is 413 g/mol. The van der Waals surface area contributed by atoms with Crippen molar-refractivity contribution in [1.29, 1.82) is 0 Å². The number of Topliss-reactive ketones (excluding diaryl/α,β-unsaturated/α-hetero) is 1. The van der Waals surface area contributed by atoms with Gasteiger partial charge in [-0.2, -0.15) is 0 Å². The van der Waals surface area contributed by atoms with Crippen molar-refractivity contribution in [2.75, 3.05) is 0 Å². The molecule has 0 saturated heterocycles. The second kappa shape index (κ2) is 21.8. The van der Waals surface area contributed by atoms with Gasteiger partial charge in [-0.15, -0.1) is 0 Å². The van der Waals surface area contributed by atoms with E-state index in [0.717, 1.165) is 19.3 Å². The van der Waals surface area contributed by atoms with Crippen LogP contribution in [0.4, 0.5) is 0 Å². The molecule has 0 rings (SSSR count). The number of hydrogen-bond acceptors (Lipinski definition) is 3. The van der Waals surface area contributed by atoms with E-state index in [1.54, 1.807) is 0 Å². The Morgan fingerprint density at radius 3 is 1.21 bits per heavy atom. The lowest BCUT2D eigenvalue weighted by atomic mass is 10.0. The number of aliphatic hydroxyl groups excluding tert-OH is 1. The standard InChI is InChI=1S/C25H48O4/c1-2-3-4-5-6-7-8-9-10-11-12-13-14-15-16-17-18-19-20-21-23(26)22-24(27)25(28)29/h24,27H,2-22H2,1H3,(H,28,29). The molecule has 0 bridgehead atoms. The summed E-state index contributed by atoms with van der Waals surface area (Å²) in [6.07, 6.45) is 23.7. The summed E-state index contributed by atoms with van der Waals surface area (Å²) in [5.41, 5.74) is 0. The maximum atomic E-state index is 11.5. The Morgan fingerprint density at radius 2 is 0.897 bits per heavy atom. The molecular formula is C25H48O4. The molecule has 4 heteroatoms. The summed E-state index contributed by atoms with van der Waals surface area (Å²) in [6, 6.07) is 0. The molecule has 0 radical (unpaired) electrons. The number of aliphatic carboxylic acids is 1. The number of carbonyl (C=O) groups is 2. The van der Waals surface area contributed by atoms with Crippen LogP contribution in [0, 0.1) is 0 Å². The molecule has 1 atom stereocenters. The minimum Gasteiger partial charge on any atom is -0.479 e. The molecule has 0 aromatic carbocycles. The predicted octanol–water partition coefficient (Wildman–Crippen LogP) is 7.21. The molecule has 0 amide bonds. The summed E-state index contributed by atoms with van der Waals surface area (Å²) in [5.74, 6) is -1.46. The third-order valence-corrected chi connectivity index (χ3v) is 5.77. The fourth-order valence-electron chi connectivity index (χ4n) is 3.81. The highest BCUT2D eigenvalue weighted by molar-refractivity contribution is 5.84. The van der Waals surface area contributed by atoms with Crippen LogP contribution in [0.2, 0.25) is 0 Å². The maximum Gasteiger partial charge on any atom is 0.332 e. The fraction of sp³-hybridized carbons (Fsp3) is 0.920. The largest absolute Gasteiger partial charge is 0.479 e. The third-order valence-electron chi connectivity index (χ3n) is 5.77. The second-order valence-corrected chi connectivity index (χ2v) is 8.71. The molecule has 0 aliphatic heterocycles. The van der Waals surface area contributed by atoms with Crippen molar-refractivity contribution >= 4 is 11.8 Å². The molecule has 29 heavy (non-hydrogen) atoms. The van der Waals surface area contributed by atoms with Gasteiger partial charge < -0.3 is 10.2 Å². The predicted molar refractivity (Wildman–Crippen MR) is 121 cm³/mol. The van der Waals surface area contributed by atoms with Crippen LogP contribution < -0.4 is 0 Å². The molecule has 0 saturated carbocycles. The zero-order chi connectivity index (χ0) is 21.6. The summed E-state index contributed by atoms with van der Waals surface area (Å²) in [6.45, 7) is 2.27. The minimum atomic E-state index is -1.54. The van der Waals surface area contributed by atoms with Gasteiger partial charge in [-0.3, -0.25) is 4.79 Å². The van der Waals surface area contributed by atoms with Crippen molar-refractivity contribution in [2.24, 2.45) is 0 Å². The Bertz CT molecular complexity index is 381. The first-order chi connectivity index (χ1) is 14.1. The summed E-state index contributed by atoms with van der Waals surface area (Å²) >= 11 is 0. The SMILES string of the molecule is CCCCCCCCCCCCCCCCCCCCCC(=O)CC(O)C(=O)O. The van der Waals surface area contributed by atoms with Gasteiger partial charge in [0.05, 0.1) is 0 Å². The molecule has 0 aromatic heterocycles. The third kappa shape index (κ3) is 21.6. The van der Waals surface area contributed by atoms with E-state index < -0.39 is 12.1 Å². The summed E-state index contributed by atoms with van der Waals surface area (Å²) in [5, 5.41) is 17.7. The van der Waals surface area contributed by atoms with Gasteiger partial charge in [0.1, 0.15) is 5.78 Å². The average Bonchev–Trinajstić information content (AvgIpc) is 2.69. The van der Waals surface area contributed by atoms with Crippen LogP contribution in [-0.4, -0.2) is 28.1 Å². The van der Waals surface area contributed by atoms with E-state index in [9.17, 15) is 9.59 Å². The van der Waals surface area contributed by atoms with Gasteiger partial charge in [-0.1, -0.05) is 122 Å². The fourth-order valence-corrected chi connectivity index (χ4v) is 3.81. The Balaban J connectivity index is 3.15. The summed E-state index contributed by atoms with van der Waals surface area (Å²) in [7, 11) is 0. The molecule has 4 nitrogen and oxygen atoms in total. The number of hydrogen-bond donors (Lipinski definition) is 2. The van der Waals surface area contributed by atoms with Gasteiger partial charge >= 0.3 is 5.97 Å². The van der Waals surface area contributed by atoms with Gasteiger partial charge in [0.25, 0.3) is 0 Å². The van der Waals surface area contributed by atoms with E-state index in [2.05, 4.69) is 6.92 Å². The number of carboxylic acids is 1. The Hall–Kier alpha value is -0.900. The van der Waals surface area contributed by atoms with Gasteiger partial charge in [-0.05, 0) is 6.42 Å². The van der Waals surface area contributed by atoms with Crippen LogP contribution in [0.5, 0.6) is 0 Å². The Labute approximate surface area is 179 Å². The Morgan fingerprint density at radius 1 is 0.586 bits per heavy atom. The number of aliphatic hydroxyl groups is 1. The number of unbranched alkanes of at least 4 members (excludes halogenated alkanes) is 18. The van der Waals surface area contributed by atoms with Crippen molar-refractivity contribution in [3.63, 3.8) is 0 Å². The van der Waals surface area contributed by atoms with Gasteiger partial charge in [0, 0.05) is 12.8 Å². The van der Waals surface area contributed by atoms with Gasteiger partial charge in [0.2, 0.25) is 0 Å². The molecular weight excluding hydrogens is 364 g/mol. The normalized spacial score (nSPS) is 12.2. The zero-order valence-electron chi connectivity index (χ0n) is 19.1. The highest BCUT2D eigenvalue weighted by Crippen LogP contribution is 2.15. The van der Waals surface area contributed by atoms with Crippen LogP contribution in [0.1, 0.15) is 142 Å². The van der Waals surface area contributed by atoms with Crippen LogP contribution in [0.25, 0.3) is 0 Å². The van der Waals surface area contributed by atoms with Crippen LogP contribution >= 0.6 is 0 Å². The highest BCUT2D eigenvalue weighted by atomic mass is 16.4. The van der Waals surface area contributed by atoms with E-state index in [-0.39, 0.29) is 12.2 Å². The highest BCUT2D eigenvalue weighted by Gasteiger charge is 2.16. The molecule has 0 spiro atoms. The van der Waals surface area contributed by atoms with Crippen LogP contribution in [0.15, 0.2) is 0 Å². The molecule has 0 heterocycles. The number of carbonyl (C=O) groups excluding carboxylic acids is 1. The van der Waals surface area contributed by atoms with Crippen molar-refractivity contribution in [3.8, 4) is 0 Å². The lowest BCUT2D eigenvalue weighted by Gasteiger charge is -2.05. The van der Waals surface area contributed by atoms with Crippen molar-refractivity contribution in [3.05, 3.63) is 0 Å². The van der Waals surface area contributed by atoms with Gasteiger partial charge in [-0.25, -0.2) is 4.79 Å². The quantitative estimate of drug-likeness (QED) is 0.174.